The molecule has 0 heterocycles. The van der Waals surface area contributed by atoms with Gasteiger partial charge in [-0.3, -0.25) is 0 Å². The molecule has 17 heavy (non-hydrogen) atoms. The molecule has 0 amide bonds. The van der Waals surface area contributed by atoms with E-state index in [1.165, 1.54) is 6.07 Å². The Morgan fingerprint density at radius 2 is 2.29 bits per heavy atom. The van der Waals surface area contributed by atoms with E-state index in [0.717, 1.165) is 19.4 Å². The van der Waals surface area contributed by atoms with E-state index >= 15 is 0 Å². The van der Waals surface area contributed by atoms with Crippen molar-refractivity contribution in [2.45, 2.75) is 32.2 Å². The van der Waals surface area contributed by atoms with Gasteiger partial charge in [0, 0.05) is 16.6 Å². The summed E-state index contributed by atoms with van der Waals surface area (Å²) in [4.78, 5) is 0. The van der Waals surface area contributed by atoms with Gasteiger partial charge < -0.3 is 5.32 Å². The molecule has 1 rings (SSSR count). The second-order valence-corrected chi connectivity index (χ2v) is 4.49. The van der Waals surface area contributed by atoms with Gasteiger partial charge in [-0.2, -0.15) is 0 Å². The third-order valence-corrected chi connectivity index (χ3v) is 3.00. The lowest BCUT2D eigenvalue weighted by molar-refractivity contribution is 0.499. The van der Waals surface area contributed by atoms with Crippen LogP contribution in [-0.2, 0) is 6.42 Å². The van der Waals surface area contributed by atoms with Crippen LogP contribution in [0.5, 0.6) is 0 Å². The SMILES string of the molecule is C=CCC(Cc1c(F)cccc1Cl)NCCC. The van der Waals surface area contributed by atoms with E-state index in [9.17, 15) is 4.39 Å². The Kier molecular flexibility index (Phi) is 6.23. The zero-order chi connectivity index (χ0) is 12.7. The van der Waals surface area contributed by atoms with Crippen molar-refractivity contribution in [3.63, 3.8) is 0 Å². The van der Waals surface area contributed by atoms with E-state index in [0.29, 0.717) is 17.0 Å². The van der Waals surface area contributed by atoms with Crippen LogP contribution in [0.2, 0.25) is 5.02 Å². The van der Waals surface area contributed by atoms with E-state index in [2.05, 4.69) is 18.8 Å². The van der Waals surface area contributed by atoms with Crippen molar-refractivity contribution in [1.82, 2.24) is 5.32 Å². The molecule has 1 aromatic carbocycles. The number of hydrogen-bond donors (Lipinski definition) is 1. The highest BCUT2D eigenvalue weighted by atomic mass is 35.5. The van der Waals surface area contributed by atoms with Crippen molar-refractivity contribution in [2.24, 2.45) is 0 Å². The summed E-state index contributed by atoms with van der Waals surface area (Å²) in [6.45, 7) is 6.75. The fourth-order valence-corrected chi connectivity index (χ4v) is 2.00. The zero-order valence-corrected chi connectivity index (χ0v) is 10.9. The highest BCUT2D eigenvalue weighted by Gasteiger charge is 2.13. The first-order chi connectivity index (χ1) is 8.19. The minimum atomic E-state index is -0.232. The Hall–Kier alpha value is -0.860. The molecule has 1 nitrogen and oxygen atoms in total. The molecule has 0 bridgehead atoms. The van der Waals surface area contributed by atoms with Gasteiger partial charge in [-0.05, 0) is 37.9 Å². The molecule has 1 atom stereocenters. The van der Waals surface area contributed by atoms with Crippen molar-refractivity contribution in [3.8, 4) is 0 Å². The van der Waals surface area contributed by atoms with Crippen LogP contribution in [0.15, 0.2) is 30.9 Å². The lowest BCUT2D eigenvalue weighted by atomic mass is 10.0. The maximum absolute atomic E-state index is 13.6. The Bertz CT molecular complexity index is 345. The molecule has 1 unspecified atom stereocenters. The summed E-state index contributed by atoms with van der Waals surface area (Å²) < 4.78 is 13.6. The number of nitrogens with one attached hydrogen (secondary N) is 1. The van der Waals surface area contributed by atoms with Gasteiger partial charge in [0.15, 0.2) is 0 Å². The second kappa shape index (κ2) is 7.46. The summed E-state index contributed by atoms with van der Waals surface area (Å²) in [5.74, 6) is -0.232. The lowest BCUT2D eigenvalue weighted by Gasteiger charge is -2.18. The number of rotatable bonds is 7. The molecule has 0 fully saturated rings. The van der Waals surface area contributed by atoms with Crippen LogP contribution >= 0.6 is 11.6 Å². The highest BCUT2D eigenvalue weighted by Crippen LogP contribution is 2.21. The van der Waals surface area contributed by atoms with E-state index < -0.39 is 0 Å². The van der Waals surface area contributed by atoms with Crippen molar-refractivity contribution in [1.29, 1.82) is 0 Å². The molecule has 1 N–H and O–H groups in total. The van der Waals surface area contributed by atoms with Gasteiger partial charge in [-0.1, -0.05) is 30.7 Å². The van der Waals surface area contributed by atoms with Gasteiger partial charge >= 0.3 is 0 Å². The van der Waals surface area contributed by atoms with Gasteiger partial charge in [0.1, 0.15) is 5.82 Å². The van der Waals surface area contributed by atoms with Crippen LogP contribution in [0.25, 0.3) is 0 Å². The van der Waals surface area contributed by atoms with Gasteiger partial charge in [0.05, 0.1) is 0 Å². The standard InChI is InChI=1S/C14H19ClFN/c1-3-6-11(17-9-4-2)10-12-13(15)7-5-8-14(12)16/h3,5,7-8,11,17H,1,4,6,9-10H2,2H3. The minimum Gasteiger partial charge on any atom is -0.313 e. The van der Waals surface area contributed by atoms with Crippen molar-refractivity contribution in [3.05, 3.63) is 47.3 Å². The number of hydrogen-bond acceptors (Lipinski definition) is 1. The maximum atomic E-state index is 13.6. The van der Waals surface area contributed by atoms with Gasteiger partial charge in [-0.15, -0.1) is 6.58 Å². The van der Waals surface area contributed by atoms with Crippen LogP contribution < -0.4 is 5.32 Å². The van der Waals surface area contributed by atoms with Crippen LogP contribution in [0, 0.1) is 5.82 Å². The van der Waals surface area contributed by atoms with E-state index in [1.807, 2.05) is 6.08 Å². The van der Waals surface area contributed by atoms with Crippen molar-refractivity contribution in [2.75, 3.05) is 6.54 Å². The summed E-state index contributed by atoms with van der Waals surface area (Å²) >= 11 is 6.01. The Morgan fingerprint density at radius 1 is 1.53 bits per heavy atom. The smallest absolute Gasteiger partial charge is 0.127 e. The van der Waals surface area contributed by atoms with Crippen LogP contribution in [-0.4, -0.2) is 12.6 Å². The largest absolute Gasteiger partial charge is 0.313 e. The predicted octanol–water partition coefficient (Wildman–Crippen LogP) is 3.97. The molecule has 0 aliphatic heterocycles. The second-order valence-electron chi connectivity index (χ2n) is 4.08. The van der Waals surface area contributed by atoms with Crippen LogP contribution in [0.4, 0.5) is 4.39 Å². The summed E-state index contributed by atoms with van der Waals surface area (Å²) in [5, 5.41) is 3.87. The third-order valence-electron chi connectivity index (χ3n) is 2.65. The molecule has 0 aromatic heterocycles. The van der Waals surface area contributed by atoms with Crippen molar-refractivity contribution < 1.29 is 4.39 Å². The molecule has 0 saturated carbocycles. The van der Waals surface area contributed by atoms with Gasteiger partial charge in [0.2, 0.25) is 0 Å². The molecule has 0 aliphatic carbocycles. The number of halogens is 2. The van der Waals surface area contributed by atoms with Crippen LogP contribution in [0.1, 0.15) is 25.3 Å². The first-order valence-electron chi connectivity index (χ1n) is 5.96. The first-order valence-corrected chi connectivity index (χ1v) is 6.34. The molecule has 3 heteroatoms. The molecule has 1 aromatic rings. The number of benzene rings is 1. The first kappa shape index (κ1) is 14.2. The molecular formula is C14H19ClFN. The van der Waals surface area contributed by atoms with E-state index in [4.69, 9.17) is 11.6 Å². The summed E-state index contributed by atoms with van der Waals surface area (Å²) in [6, 6.07) is 5.00. The molecule has 0 spiro atoms. The quantitative estimate of drug-likeness (QED) is 0.727. The van der Waals surface area contributed by atoms with E-state index in [-0.39, 0.29) is 11.9 Å². The summed E-state index contributed by atoms with van der Waals surface area (Å²) in [6.07, 6.45) is 4.31. The molecule has 0 aliphatic rings. The molecule has 94 valence electrons. The maximum Gasteiger partial charge on any atom is 0.127 e. The lowest BCUT2D eigenvalue weighted by Crippen LogP contribution is -2.31. The third kappa shape index (κ3) is 4.49. The minimum absolute atomic E-state index is 0.196. The average molecular weight is 256 g/mol. The Balaban J connectivity index is 2.74. The molecular weight excluding hydrogens is 237 g/mol. The van der Waals surface area contributed by atoms with Crippen LogP contribution in [0.3, 0.4) is 0 Å². The monoisotopic (exact) mass is 255 g/mol. The van der Waals surface area contributed by atoms with Gasteiger partial charge in [-0.25, -0.2) is 4.39 Å². The van der Waals surface area contributed by atoms with E-state index in [1.54, 1.807) is 12.1 Å². The Morgan fingerprint density at radius 3 is 2.88 bits per heavy atom. The summed E-state index contributed by atoms with van der Waals surface area (Å²) in [7, 11) is 0. The summed E-state index contributed by atoms with van der Waals surface area (Å²) in [5.41, 5.74) is 0.588. The average Bonchev–Trinajstić information content (AvgIpc) is 2.31. The van der Waals surface area contributed by atoms with Gasteiger partial charge in [0.25, 0.3) is 0 Å². The normalized spacial score (nSPS) is 12.4. The fraction of sp³-hybridized carbons (Fsp3) is 0.429. The molecule has 0 saturated heterocycles. The predicted molar refractivity (Wildman–Crippen MR) is 72.0 cm³/mol. The zero-order valence-electron chi connectivity index (χ0n) is 10.2. The fourth-order valence-electron chi connectivity index (χ4n) is 1.76. The van der Waals surface area contributed by atoms with Crippen molar-refractivity contribution >= 4 is 11.6 Å². The topological polar surface area (TPSA) is 12.0 Å². The highest BCUT2D eigenvalue weighted by molar-refractivity contribution is 6.31. The molecule has 0 radical (unpaired) electrons. The Labute approximate surface area is 108 Å².